The van der Waals surface area contributed by atoms with Crippen LogP contribution >= 0.6 is 0 Å². The van der Waals surface area contributed by atoms with Crippen LogP contribution in [-0.2, 0) is 0 Å². The SMILES string of the molecule is c1ccc(-c2ccc(-n3c4ccccc4c4cc(-c5ccc6c(c5)c5cc(-c7ccc8c(c7)oc7ccccc78)ccc5n6-c5ccccc5)ccc43)cc2)cc1. The largest absolute Gasteiger partial charge is 0.456 e. The van der Waals surface area contributed by atoms with Gasteiger partial charge in [0.2, 0.25) is 0 Å². The van der Waals surface area contributed by atoms with Gasteiger partial charge >= 0.3 is 0 Å². The first-order chi connectivity index (χ1) is 28.2. The highest BCUT2D eigenvalue weighted by Gasteiger charge is 2.17. The van der Waals surface area contributed by atoms with E-state index >= 15 is 0 Å². The zero-order valence-electron chi connectivity index (χ0n) is 30.9. The van der Waals surface area contributed by atoms with Crippen molar-refractivity contribution in [3.05, 3.63) is 206 Å². The lowest BCUT2D eigenvalue weighted by atomic mass is 9.99. The summed E-state index contributed by atoms with van der Waals surface area (Å²) in [5, 5.41) is 7.21. The number of fused-ring (bicyclic) bond motifs is 9. The summed E-state index contributed by atoms with van der Waals surface area (Å²) in [6.07, 6.45) is 0. The van der Waals surface area contributed by atoms with Crippen molar-refractivity contribution in [2.45, 2.75) is 0 Å². The highest BCUT2D eigenvalue weighted by Crippen LogP contribution is 2.40. The standard InChI is InChI=1S/C54H34N2O/c1-3-11-35(12-4-1)36-19-25-42(26-20-36)56-49-17-9-7-15-43(49)46-31-37(22-28-50(46)56)38-23-29-51-47(32-38)48-33-39(24-30-52(48)55(51)41-13-5-2-6-14-41)40-21-27-45-44-16-8-10-18-53(44)57-54(45)34-40/h1-34H. The first-order valence-corrected chi connectivity index (χ1v) is 19.5. The number of rotatable bonds is 5. The van der Waals surface area contributed by atoms with Gasteiger partial charge in [-0.1, -0.05) is 121 Å². The maximum absolute atomic E-state index is 6.30. The van der Waals surface area contributed by atoms with Crippen LogP contribution in [-0.4, -0.2) is 9.13 Å². The number of aromatic nitrogens is 2. The Kier molecular flexibility index (Phi) is 6.93. The normalized spacial score (nSPS) is 11.9. The maximum Gasteiger partial charge on any atom is 0.136 e. The summed E-state index contributed by atoms with van der Waals surface area (Å²) in [6, 6.07) is 74.5. The van der Waals surface area contributed by atoms with Gasteiger partial charge in [0.25, 0.3) is 0 Å². The summed E-state index contributed by atoms with van der Waals surface area (Å²) in [5.41, 5.74) is 16.0. The molecule has 266 valence electrons. The summed E-state index contributed by atoms with van der Waals surface area (Å²) in [5.74, 6) is 0. The maximum atomic E-state index is 6.30. The van der Waals surface area contributed by atoms with Crippen molar-refractivity contribution < 1.29 is 4.42 Å². The molecule has 57 heavy (non-hydrogen) atoms. The quantitative estimate of drug-likeness (QED) is 0.173. The summed E-state index contributed by atoms with van der Waals surface area (Å²) in [7, 11) is 0. The zero-order chi connectivity index (χ0) is 37.5. The third-order valence-corrected chi connectivity index (χ3v) is 11.7. The minimum Gasteiger partial charge on any atom is -0.456 e. The minimum absolute atomic E-state index is 0.906. The number of hydrogen-bond donors (Lipinski definition) is 0. The Balaban J connectivity index is 1.01. The average Bonchev–Trinajstić information content (AvgIpc) is 3.93. The van der Waals surface area contributed by atoms with Crippen LogP contribution in [0.25, 0.3) is 110 Å². The van der Waals surface area contributed by atoms with E-state index in [1.807, 2.05) is 12.1 Å². The van der Waals surface area contributed by atoms with Gasteiger partial charge in [-0.15, -0.1) is 0 Å². The molecule has 0 aliphatic rings. The second-order valence-electron chi connectivity index (χ2n) is 14.9. The average molecular weight is 727 g/mol. The first kappa shape index (κ1) is 31.7. The molecule has 0 bridgehead atoms. The second-order valence-corrected chi connectivity index (χ2v) is 14.9. The molecule has 3 heteroatoms. The van der Waals surface area contributed by atoms with Crippen molar-refractivity contribution in [2.24, 2.45) is 0 Å². The van der Waals surface area contributed by atoms with Crippen LogP contribution < -0.4 is 0 Å². The van der Waals surface area contributed by atoms with Crippen molar-refractivity contribution in [3.63, 3.8) is 0 Å². The van der Waals surface area contributed by atoms with Crippen LogP contribution in [0.15, 0.2) is 211 Å². The van der Waals surface area contributed by atoms with Crippen LogP contribution in [0.2, 0.25) is 0 Å². The number of nitrogens with zero attached hydrogens (tertiary/aromatic N) is 2. The Bertz CT molecular complexity index is 3490. The van der Waals surface area contributed by atoms with E-state index in [2.05, 4.69) is 203 Å². The van der Waals surface area contributed by atoms with E-state index in [9.17, 15) is 0 Å². The van der Waals surface area contributed by atoms with Crippen molar-refractivity contribution in [1.29, 1.82) is 0 Å². The van der Waals surface area contributed by atoms with Crippen LogP contribution in [0.1, 0.15) is 0 Å². The molecule has 0 fully saturated rings. The van der Waals surface area contributed by atoms with Gasteiger partial charge in [0, 0.05) is 43.7 Å². The molecule has 0 spiro atoms. The summed E-state index contributed by atoms with van der Waals surface area (Å²) >= 11 is 0. The van der Waals surface area contributed by atoms with E-state index in [0.29, 0.717) is 0 Å². The molecule has 0 radical (unpaired) electrons. The molecule has 12 rings (SSSR count). The van der Waals surface area contributed by atoms with E-state index in [4.69, 9.17) is 4.42 Å². The van der Waals surface area contributed by atoms with Crippen molar-refractivity contribution >= 4 is 65.6 Å². The fourth-order valence-corrected chi connectivity index (χ4v) is 9.01. The fourth-order valence-electron chi connectivity index (χ4n) is 9.01. The van der Waals surface area contributed by atoms with Gasteiger partial charge in [0.15, 0.2) is 0 Å². The van der Waals surface area contributed by atoms with Gasteiger partial charge in [-0.3, -0.25) is 0 Å². The predicted octanol–water partition coefficient (Wildman–Crippen LogP) is 14.8. The Morgan fingerprint density at radius 3 is 1.32 bits per heavy atom. The predicted molar refractivity (Wildman–Crippen MR) is 239 cm³/mol. The van der Waals surface area contributed by atoms with E-state index < -0.39 is 0 Å². The number of hydrogen-bond acceptors (Lipinski definition) is 1. The van der Waals surface area contributed by atoms with Gasteiger partial charge in [-0.2, -0.15) is 0 Å². The monoisotopic (exact) mass is 726 g/mol. The van der Waals surface area contributed by atoms with E-state index in [-0.39, 0.29) is 0 Å². The lowest BCUT2D eigenvalue weighted by Crippen LogP contribution is -1.94. The summed E-state index contributed by atoms with van der Waals surface area (Å²) in [4.78, 5) is 0. The molecule has 0 saturated carbocycles. The molecule has 0 amide bonds. The first-order valence-electron chi connectivity index (χ1n) is 19.5. The van der Waals surface area contributed by atoms with E-state index in [0.717, 1.165) is 44.4 Å². The molecule has 0 atom stereocenters. The molecule has 0 aliphatic carbocycles. The van der Waals surface area contributed by atoms with Crippen molar-refractivity contribution in [2.75, 3.05) is 0 Å². The third-order valence-electron chi connectivity index (χ3n) is 11.7. The number of furan rings is 1. The molecular weight excluding hydrogens is 693 g/mol. The Labute approximate surface area is 328 Å². The molecule has 3 aromatic heterocycles. The Hall–Kier alpha value is -7.62. The molecule has 9 aromatic carbocycles. The van der Waals surface area contributed by atoms with E-state index in [1.165, 1.54) is 65.9 Å². The smallest absolute Gasteiger partial charge is 0.136 e. The lowest BCUT2D eigenvalue weighted by molar-refractivity contribution is 0.669. The van der Waals surface area contributed by atoms with Crippen LogP contribution in [0.5, 0.6) is 0 Å². The molecule has 12 aromatic rings. The van der Waals surface area contributed by atoms with Crippen LogP contribution in [0, 0.1) is 0 Å². The molecule has 0 unspecified atom stereocenters. The number of para-hydroxylation sites is 3. The minimum atomic E-state index is 0.906. The van der Waals surface area contributed by atoms with Gasteiger partial charge in [-0.05, 0) is 118 Å². The summed E-state index contributed by atoms with van der Waals surface area (Å²) in [6.45, 7) is 0. The Morgan fingerprint density at radius 1 is 0.246 bits per heavy atom. The third kappa shape index (κ3) is 4.99. The zero-order valence-corrected chi connectivity index (χ0v) is 30.9. The van der Waals surface area contributed by atoms with Gasteiger partial charge in [0.1, 0.15) is 11.2 Å². The van der Waals surface area contributed by atoms with Gasteiger partial charge in [0.05, 0.1) is 22.1 Å². The van der Waals surface area contributed by atoms with Crippen LogP contribution in [0.4, 0.5) is 0 Å². The summed E-state index contributed by atoms with van der Waals surface area (Å²) < 4.78 is 11.1. The van der Waals surface area contributed by atoms with Gasteiger partial charge < -0.3 is 13.6 Å². The fraction of sp³-hybridized carbons (Fsp3) is 0. The lowest BCUT2D eigenvalue weighted by Gasteiger charge is -2.10. The number of benzene rings is 9. The molecule has 3 heterocycles. The molecule has 0 aliphatic heterocycles. The second kappa shape index (κ2) is 12.5. The van der Waals surface area contributed by atoms with Gasteiger partial charge in [-0.25, -0.2) is 0 Å². The highest BCUT2D eigenvalue weighted by atomic mass is 16.3. The molecule has 3 nitrogen and oxygen atoms in total. The van der Waals surface area contributed by atoms with Crippen molar-refractivity contribution in [1.82, 2.24) is 9.13 Å². The molecular formula is C54H34N2O. The van der Waals surface area contributed by atoms with Crippen molar-refractivity contribution in [3.8, 4) is 44.8 Å². The van der Waals surface area contributed by atoms with E-state index in [1.54, 1.807) is 0 Å². The van der Waals surface area contributed by atoms with Crippen LogP contribution in [0.3, 0.4) is 0 Å². The topological polar surface area (TPSA) is 23.0 Å². The Morgan fingerprint density at radius 2 is 0.667 bits per heavy atom. The molecule has 0 N–H and O–H groups in total. The highest BCUT2D eigenvalue weighted by molar-refractivity contribution is 6.14. The molecule has 0 saturated heterocycles.